The van der Waals surface area contributed by atoms with Crippen LogP contribution >= 0.6 is 0 Å². The second-order valence-electron chi connectivity index (χ2n) is 3.58. The highest BCUT2D eigenvalue weighted by Crippen LogP contribution is 2.16. The molecular weight excluding hydrogens is 206 g/mol. The summed E-state index contributed by atoms with van der Waals surface area (Å²) in [4.78, 5) is 0. The van der Waals surface area contributed by atoms with Crippen LogP contribution in [0.15, 0.2) is 24.3 Å². The van der Waals surface area contributed by atoms with Crippen LogP contribution in [0, 0.1) is 0 Å². The molecule has 0 bridgehead atoms. The lowest BCUT2D eigenvalue weighted by atomic mass is 10.1. The molecule has 0 saturated carbocycles. The quantitative estimate of drug-likeness (QED) is 0.633. The van der Waals surface area contributed by atoms with Crippen molar-refractivity contribution in [2.75, 3.05) is 20.3 Å². The molecule has 0 aliphatic rings. The molecule has 0 aromatic heterocycles. The van der Waals surface area contributed by atoms with Crippen LogP contribution in [0.25, 0.3) is 0 Å². The van der Waals surface area contributed by atoms with Gasteiger partial charge >= 0.3 is 0 Å². The normalized spacial score (nSPS) is 12.4. The number of benzene rings is 1. The van der Waals surface area contributed by atoms with Crippen molar-refractivity contribution in [1.82, 2.24) is 5.32 Å². The Bertz CT molecular complexity index is 304. The molecule has 1 aromatic rings. The number of hydrogen-bond donors (Lipinski definition) is 3. The van der Waals surface area contributed by atoms with Gasteiger partial charge in [-0.15, -0.1) is 0 Å². The van der Waals surface area contributed by atoms with Crippen LogP contribution in [0.2, 0.25) is 0 Å². The SMILES string of the molecule is COc1ccccc1CNC(CO)CCO. The van der Waals surface area contributed by atoms with Crippen LogP contribution in [0.4, 0.5) is 0 Å². The third kappa shape index (κ3) is 3.81. The topological polar surface area (TPSA) is 61.7 Å². The monoisotopic (exact) mass is 225 g/mol. The van der Waals surface area contributed by atoms with Crippen molar-refractivity contribution in [2.45, 2.75) is 19.0 Å². The van der Waals surface area contributed by atoms with E-state index in [9.17, 15) is 0 Å². The van der Waals surface area contributed by atoms with Crippen LogP contribution in [0.3, 0.4) is 0 Å². The first-order valence-electron chi connectivity index (χ1n) is 5.38. The molecule has 0 aliphatic carbocycles. The Hall–Kier alpha value is -1.10. The van der Waals surface area contributed by atoms with Crippen LogP contribution in [-0.2, 0) is 6.54 Å². The Morgan fingerprint density at radius 3 is 2.69 bits per heavy atom. The number of aliphatic hydroxyl groups is 2. The van der Waals surface area contributed by atoms with E-state index in [4.69, 9.17) is 14.9 Å². The summed E-state index contributed by atoms with van der Waals surface area (Å²) >= 11 is 0. The second kappa shape index (κ2) is 7.22. The van der Waals surface area contributed by atoms with Crippen molar-refractivity contribution in [3.63, 3.8) is 0 Å². The first-order valence-corrected chi connectivity index (χ1v) is 5.38. The fourth-order valence-electron chi connectivity index (χ4n) is 1.52. The number of methoxy groups -OCH3 is 1. The zero-order chi connectivity index (χ0) is 11.8. The maximum absolute atomic E-state index is 9.06. The van der Waals surface area contributed by atoms with Gasteiger partial charge in [0.1, 0.15) is 5.75 Å². The van der Waals surface area contributed by atoms with Gasteiger partial charge in [0.15, 0.2) is 0 Å². The molecule has 0 amide bonds. The zero-order valence-electron chi connectivity index (χ0n) is 9.52. The minimum atomic E-state index is -0.0742. The molecule has 1 atom stereocenters. The van der Waals surface area contributed by atoms with E-state index in [1.807, 2.05) is 24.3 Å². The predicted molar refractivity (Wildman–Crippen MR) is 62.4 cm³/mol. The van der Waals surface area contributed by atoms with Crippen molar-refractivity contribution in [3.8, 4) is 5.75 Å². The van der Waals surface area contributed by atoms with Gasteiger partial charge < -0.3 is 20.3 Å². The number of rotatable bonds is 7. The van der Waals surface area contributed by atoms with E-state index in [0.717, 1.165) is 11.3 Å². The minimum absolute atomic E-state index is 0.0235. The van der Waals surface area contributed by atoms with E-state index in [1.165, 1.54) is 0 Å². The highest BCUT2D eigenvalue weighted by molar-refractivity contribution is 5.32. The molecule has 0 fully saturated rings. The number of ether oxygens (including phenoxy) is 1. The highest BCUT2D eigenvalue weighted by atomic mass is 16.5. The minimum Gasteiger partial charge on any atom is -0.496 e. The fourth-order valence-corrected chi connectivity index (χ4v) is 1.52. The molecule has 0 saturated heterocycles. The van der Waals surface area contributed by atoms with Crippen LogP contribution in [-0.4, -0.2) is 36.6 Å². The lowest BCUT2D eigenvalue weighted by Gasteiger charge is -2.16. The molecule has 4 heteroatoms. The van der Waals surface area contributed by atoms with Gasteiger partial charge in [-0.1, -0.05) is 18.2 Å². The summed E-state index contributed by atoms with van der Waals surface area (Å²) < 4.78 is 5.22. The maximum atomic E-state index is 9.06. The molecule has 0 heterocycles. The molecule has 1 rings (SSSR count). The van der Waals surface area contributed by atoms with Gasteiger partial charge in [0, 0.05) is 24.8 Å². The van der Waals surface area contributed by atoms with Gasteiger partial charge in [0.25, 0.3) is 0 Å². The fraction of sp³-hybridized carbons (Fsp3) is 0.500. The van der Waals surface area contributed by atoms with Gasteiger partial charge in [0.05, 0.1) is 13.7 Å². The standard InChI is InChI=1S/C12H19NO3/c1-16-12-5-3-2-4-10(12)8-13-11(9-15)6-7-14/h2-5,11,13-15H,6-9H2,1H3. The Balaban J connectivity index is 2.52. The van der Waals surface area contributed by atoms with E-state index in [1.54, 1.807) is 7.11 Å². The molecule has 4 nitrogen and oxygen atoms in total. The van der Waals surface area contributed by atoms with Crippen molar-refractivity contribution in [3.05, 3.63) is 29.8 Å². The Labute approximate surface area is 95.9 Å². The average molecular weight is 225 g/mol. The summed E-state index contributed by atoms with van der Waals surface area (Å²) in [5.74, 6) is 0.829. The highest BCUT2D eigenvalue weighted by Gasteiger charge is 2.07. The Kier molecular flexibility index (Phi) is 5.85. The zero-order valence-corrected chi connectivity index (χ0v) is 9.52. The van der Waals surface area contributed by atoms with Gasteiger partial charge in [0.2, 0.25) is 0 Å². The Morgan fingerprint density at radius 1 is 1.31 bits per heavy atom. The predicted octanol–water partition coefficient (Wildman–Crippen LogP) is 0.528. The number of nitrogens with one attached hydrogen (secondary N) is 1. The van der Waals surface area contributed by atoms with Crippen molar-refractivity contribution in [2.24, 2.45) is 0 Å². The van der Waals surface area contributed by atoms with Crippen molar-refractivity contribution >= 4 is 0 Å². The van der Waals surface area contributed by atoms with Crippen molar-refractivity contribution in [1.29, 1.82) is 0 Å². The van der Waals surface area contributed by atoms with Crippen LogP contribution in [0.5, 0.6) is 5.75 Å². The molecule has 0 radical (unpaired) electrons. The molecule has 1 aromatic carbocycles. The van der Waals surface area contributed by atoms with E-state index < -0.39 is 0 Å². The summed E-state index contributed by atoms with van der Waals surface area (Å²) in [6, 6.07) is 7.66. The first-order chi connectivity index (χ1) is 7.81. The first kappa shape index (κ1) is 13.0. The van der Waals surface area contributed by atoms with Gasteiger partial charge in [-0.25, -0.2) is 0 Å². The van der Waals surface area contributed by atoms with Gasteiger partial charge in [-0.05, 0) is 12.5 Å². The summed E-state index contributed by atoms with van der Waals surface area (Å²) in [6.45, 7) is 0.717. The lowest BCUT2D eigenvalue weighted by Crippen LogP contribution is -2.32. The Morgan fingerprint density at radius 2 is 2.06 bits per heavy atom. The molecular formula is C12H19NO3. The van der Waals surface area contributed by atoms with Crippen LogP contribution in [0.1, 0.15) is 12.0 Å². The molecule has 0 aliphatic heterocycles. The summed E-state index contributed by atoms with van der Waals surface area (Å²) in [5, 5.41) is 21.0. The number of hydrogen-bond acceptors (Lipinski definition) is 4. The van der Waals surface area contributed by atoms with Crippen LogP contribution < -0.4 is 10.1 Å². The van der Waals surface area contributed by atoms with E-state index in [2.05, 4.69) is 5.32 Å². The molecule has 1 unspecified atom stereocenters. The maximum Gasteiger partial charge on any atom is 0.123 e. The largest absolute Gasteiger partial charge is 0.496 e. The van der Waals surface area contributed by atoms with E-state index >= 15 is 0 Å². The molecule has 3 N–H and O–H groups in total. The average Bonchev–Trinajstić information content (AvgIpc) is 2.34. The number of aliphatic hydroxyl groups excluding tert-OH is 2. The van der Waals surface area contributed by atoms with E-state index in [-0.39, 0.29) is 19.3 Å². The summed E-state index contributed by atoms with van der Waals surface area (Å²) in [5.41, 5.74) is 1.04. The van der Waals surface area contributed by atoms with Gasteiger partial charge in [-0.2, -0.15) is 0 Å². The van der Waals surface area contributed by atoms with Gasteiger partial charge in [-0.3, -0.25) is 0 Å². The molecule has 0 spiro atoms. The molecule has 90 valence electrons. The third-order valence-corrected chi connectivity index (χ3v) is 2.47. The molecule has 16 heavy (non-hydrogen) atoms. The van der Waals surface area contributed by atoms with Crippen molar-refractivity contribution < 1.29 is 14.9 Å². The van der Waals surface area contributed by atoms with E-state index in [0.29, 0.717) is 13.0 Å². The lowest BCUT2D eigenvalue weighted by molar-refractivity contribution is 0.199. The number of para-hydroxylation sites is 1. The second-order valence-corrected chi connectivity index (χ2v) is 3.58. The summed E-state index contributed by atoms with van der Waals surface area (Å²) in [6.07, 6.45) is 0.547. The smallest absolute Gasteiger partial charge is 0.123 e. The summed E-state index contributed by atoms with van der Waals surface area (Å²) in [7, 11) is 1.64. The third-order valence-electron chi connectivity index (χ3n) is 2.47.